The molecule has 1 N–H and O–H groups in total. The van der Waals surface area contributed by atoms with Crippen LogP contribution in [-0.4, -0.2) is 25.2 Å². The van der Waals surface area contributed by atoms with Gasteiger partial charge in [0.1, 0.15) is 0 Å². The molecule has 1 aromatic carbocycles. The average molecular weight is 281 g/mol. The molecule has 1 aromatic rings. The van der Waals surface area contributed by atoms with Crippen molar-refractivity contribution in [2.24, 2.45) is 0 Å². The molecule has 5 heteroatoms. The summed E-state index contributed by atoms with van der Waals surface area (Å²) in [5.41, 5.74) is 1.01. The van der Waals surface area contributed by atoms with Crippen molar-refractivity contribution in [3.63, 3.8) is 0 Å². The van der Waals surface area contributed by atoms with Crippen LogP contribution in [0, 0.1) is 0 Å². The quantitative estimate of drug-likeness (QED) is 0.905. The van der Waals surface area contributed by atoms with E-state index in [0.717, 1.165) is 4.47 Å². The Hall–Kier alpha value is -0.740. The van der Waals surface area contributed by atoms with E-state index >= 15 is 0 Å². The molecule has 0 heterocycles. The summed E-state index contributed by atoms with van der Waals surface area (Å²) in [7, 11) is 3.63. The summed E-state index contributed by atoms with van der Waals surface area (Å²) < 4.78 is 0.876. The number of nitrogens with zero attached hydrogens (tertiary/aromatic N) is 1. The number of halogens is 2. The highest BCUT2D eigenvalue weighted by atomic mass is 79.9. The number of rotatable bonds is 2. The van der Waals surface area contributed by atoms with Crippen molar-refractivity contribution in [3.8, 4) is 0 Å². The second kappa shape index (κ2) is 5.22. The van der Waals surface area contributed by atoms with Gasteiger partial charge in [0, 0.05) is 18.6 Å². The predicted molar refractivity (Wildman–Crippen MR) is 62.7 cm³/mol. The molecule has 0 fully saturated rings. The Labute approximate surface area is 97.3 Å². The van der Waals surface area contributed by atoms with Crippen LogP contribution < -0.4 is 4.90 Å². The lowest BCUT2D eigenvalue weighted by molar-refractivity contribution is 0.0697. The maximum atomic E-state index is 10.8. The third-order valence-corrected chi connectivity index (χ3v) is 2.17. The van der Waals surface area contributed by atoms with Crippen LogP contribution in [0.1, 0.15) is 10.4 Å². The van der Waals surface area contributed by atoms with E-state index in [1.54, 1.807) is 23.1 Å². The number of carboxylic acids is 1. The minimum atomic E-state index is -0.906. The maximum absolute atomic E-state index is 10.8. The van der Waals surface area contributed by atoms with Gasteiger partial charge >= 0.3 is 5.97 Å². The first-order valence-corrected chi connectivity index (χ1v) is 4.52. The lowest BCUT2D eigenvalue weighted by atomic mass is 10.1. The first kappa shape index (κ1) is 13.3. The van der Waals surface area contributed by atoms with E-state index in [9.17, 15) is 4.79 Å². The number of benzene rings is 1. The van der Waals surface area contributed by atoms with Crippen molar-refractivity contribution < 1.29 is 9.90 Å². The molecule has 0 bridgehead atoms. The highest BCUT2D eigenvalue weighted by molar-refractivity contribution is 9.10. The lowest BCUT2D eigenvalue weighted by Crippen LogP contribution is -2.13. The molecule has 0 saturated carbocycles. The lowest BCUT2D eigenvalue weighted by Gasteiger charge is -2.15. The molecular formula is C9H11BrClNO2. The van der Waals surface area contributed by atoms with E-state index in [4.69, 9.17) is 5.11 Å². The fourth-order valence-corrected chi connectivity index (χ4v) is 1.40. The highest BCUT2D eigenvalue weighted by Gasteiger charge is 2.11. The zero-order valence-electron chi connectivity index (χ0n) is 7.82. The monoisotopic (exact) mass is 279 g/mol. The van der Waals surface area contributed by atoms with E-state index < -0.39 is 5.97 Å². The van der Waals surface area contributed by atoms with Gasteiger partial charge < -0.3 is 10.0 Å². The van der Waals surface area contributed by atoms with E-state index in [2.05, 4.69) is 15.9 Å². The fourth-order valence-electron chi connectivity index (χ4n) is 1.06. The van der Waals surface area contributed by atoms with Crippen LogP contribution in [0.3, 0.4) is 0 Å². The number of aromatic carboxylic acids is 1. The summed E-state index contributed by atoms with van der Waals surface area (Å²) in [5, 5.41) is 8.86. The normalized spacial score (nSPS) is 9.07. The molecule has 0 aliphatic rings. The minimum Gasteiger partial charge on any atom is -0.478 e. The Balaban J connectivity index is 0.00000169. The van der Waals surface area contributed by atoms with Gasteiger partial charge in [-0.05, 0) is 18.2 Å². The summed E-state index contributed by atoms with van der Waals surface area (Å²) in [6.45, 7) is 0. The molecule has 0 spiro atoms. The first-order chi connectivity index (χ1) is 6.02. The Morgan fingerprint density at radius 2 is 2.00 bits per heavy atom. The maximum Gasteiger partial charge on any atom is 0.337 e. The number of hydrogen-bond donors (Lipinski definition) is 1. The van der Waals surface area contributed by atoms with Crippen LogP contribution >= 0.6 is 28.3 Å². The van der Waals surface area contributed by atoms with E-state index in [0.29, 0.717) is 11.3 Å². The molecule has 0 saturated heterocycles. The Morgan fingerprint density at radius 3 is 2.43 bits per heavy atom. The Morgan fingerprint density at radius 1 is 1.43 bits per heavy atom. The van der Waals surface area contributed by atoms with Crippen molar-refractivity contribution in [2.45, 2.75) is 0 Å². The number of anilines is 1. The van der Waals surface area contributed by atoms with Crippen molar-refractivity contribution in [1.82, 2.24) is 0 Å². The zero-order chi connectivity index (χ0) is 10.0. The standard InChI is InChI=1S/C9H10BrNO2.ClH/c1-11(2)8-5-6(10)3-4-7(8)9(12)13;/h3-5H,1-2H3,(H,12,13);1H. The van der Waals surface area contributed by atoms with Gasteiger partial charge in [-0.3, -0.25) is 0 Å². The van der Waals surface area contributed by atoms with Crippen LogP contribution in [0.5, 0.6) is 0 Å². The van der Waals surface area contributed by atoms with Crippen molar-refractivity contribution in [1.29, 1.82) is 0 Å². The van der Waals surface area contributed by atoms with Gasteiger partial charge in [-0.2, -0.15) is 0 Å². The van der Waals surface area contributed by atoms with Gasteiger partial charge in [-0.1, -0.05) is 15.9 Å². The molecule has 14 heavy (non-hydrogen) atoms. The van der Waals surface area contributed by atoms with Crippen LogP contribution in [0.4, 0.5) is 5.69 Å². The van der Waals surface area contributed by atoms with E-state index in [1.807, 2.05) is 14.1 Å². The van der Waals surface area contributed by atoms with Crippen LogP contribution in [0.25, 0.3) is 0 Å². The number of carboxylic acid groups (broad SMARTS) is 1. The second-order valence-corrected chi connectivity index (χ2v) is 3.78. The molecule has 0 radical (unpaired) electrons. The van der Waals surface area contributed by atoms with Crippen LogP contribution in [-0.2, 0) is 0 Å². The molecule has 1 rings (SSSR count). The topological polar surface area (TPSA) is 40.5 Å². The van der Waals surface area contributed by atoms with Gasteiger partial charge in [-0.25, -0.2) is 4.79 Å². The third kappa shape index (κ3) is 2.89. The third-order valence-electron chi connectivity index (χ3n) is 1.67. The highest BCUT2D eigenvalue weighted by Crippen LogP contribution is 2.23. The van der Waals surface area contributed by atoms with Gasteiger partial charge in [-0.15, -0.1) is 12.4 Å². The molecular weight excluding hydrogens is 269 g/mol. The van der Waals surface area contributed by atoms with E-state index in [1.165, 1.54) is 0 Å². The van der Waals surface area contributed by atoms with Gasteiger partial charge in [0.05, 0.1) is 11.3 Å². The summed E-state index contributed by atoms with van der Waals surface area (Å²) in [4.78, 5) is 12.6. The summed E-state index contributed by atoms with van der Waals surface area (Å²) in [6, 6.07) is 5.08. The SMILES string of the molecule is CN(C)c1cc(Br)ccc1C(=O)O.Cl. The van der Waals surface area contributed by atoms with E-state index in [-0.39, 0.29) is 12.4 Å². The molecule has 0 unspecified atom stereocenters. The van der Waals surface area contributed by atoms with Crippen LogP contribution in [0.2, 0.25) is 0 Å². The van der Waals surface area contributed by atoms with Crippen molar-refractivity contribution >= 4 is 40.0 Å². The number of carbonyl (C=O) groups is 1. The van der Waals surface area contributed by atoms with Crippen molar-refractivity contribution in [3.05, 3.63) is 28.2 Å². The molecule has 0 aliphatic carbocycles. The Bertz CT molecular complexity index is 342. The van der Waals surface area contributed by atoms with Crippen LogP contribution in [0.15, 0.2) is 22.7 Å². The fraction of sp³-hybridized carbons (Fsp3) is 0.222. The first-order valence-electron chi connectivity index (χ1n) is 3.72. The van der Waals surface area contributed by atoms with Crippen molar-refractivity contribution in [2.75, 3.05) is 19.0 Å². The molecule has 0 aromatic heterocycles. The minimum absolute atomic E-state index is 0. The summed E-state index contributed by atoms with van der Waals surface area (Å²) >= 11 is 3.29. The van der Waals surface area contributed by atoms with Gasteiger partial charge in [0.2, 0.25) is 0 Å². The number of hydrogen-bond acceptors (Lipinski definition) is 2. The van der Waals surface area contributed by atoms with Gasteiger partial charge in [0.15, 0.2) is 0 Å². The largest absolute Gasteiger partial charge is 0.478 e. The zero-order valence-corrected chi connectivity index (χ0v) is 10.2. The predicted octanol–water partition coefficient (Wildman–Crippen LogP) is 2.64. The molecule has 78 valence electrons. The molecule has 0 aliphatic heterocycles. The summed E-state index contributed by atoms with van der Waals surface area (Å²) in [6.07, 6.45) is 0. The Kier molecular flexibility index (Phi) is 4.94. The molecule has 0 amide bonds. The average Bonchev–Trinajstić information content (AvgIpc) is 2.03. The van der Waals surface area contributed by atoms with Gasteiger partial charge in [0.25, 0.3) is 0 Å². The molecule has 0 atom stereocenters. The smallest absolute Gasteiger partial charge is 0.337 e. The second-order valence-electron chi connectivity index (χ2n) is 2.86. The molecule has 3 nitrogen and oxygen atoms in total. The summed E-state index contributed by atoms with van der Waals surface area (Å²) in [5.74, 6) is -0.906.